The van der Waals surface area contributed by atoms with Crippen LogP contribution in [-0.2, 0) is 0 Å². The van der Waals surface area contributed by atoms with Crippen LogP contribution in [0.1, 0.15) is 6.42 Å². The number of nitrogens with one attached hydrogen (secondary N) is 1. The molecular formula is C16H20ClN3O2S. The van der Waals surface area contributed by atoms with Gasteiger partial charge in [0.25, 0.3) is 0 Å². The van der Waals surface area contributed by atoms with Gasteiger partial charge < -0.3 is 5.32 Å². The molecule has 0 bridgehead atoms. The molecule has 0 radical (unpaired) electrons. The Morgan fingerprint density at radius 2 is 1.70 bits per heavy atom. The highest BCUT2D eigenvalue weighted by Gasteiger charge is 2.41. The van der Waals surface area contributed by atoms with Crippen LogP contribution in [0.5, 0.6) is 0 Å². The summed E-state index contributed by atoms with van der Waals surface area (Å²) in [7, 11) is -1.25. The lowest BCUT2D eigenvalue weighted by Crippen LogP contribution is -2.32. The van der Waals surface area contributed by atoms with Gasteiger partial charge in [-0.3, -0.25) is 13.4 Å². The van der Waals surface area contributed by atoms with Gasteiger partial charge in [0.05, 0.1) is 17.1 Å². The molecule has 124 valence electrons. The monoisotopic (exact) mass is 353 g/mol. The number of fused-ring (bicyclic) bond motifs is 1. The Morgan fingerprint density at radius 1 is 1.04 bits per heavy atom. The predicted octanol–water partition coefficient (Wildman–Crippen LogP) is 4.49. The van der Waals surface area contributed by atoms with Crippen molar-refractivity contribution in [3.8, 4) is 0 Å². The minimum atomic E-state index is -3.14. The van der Waals surface area contributed by atoms with Crippen LogP contribution in [0.15, 0.2) is 48.5 Å². The first-order valence-electron chi connectivity index (χ1n) is 7.41. The minimum Gasteiger partial charge on any atom is -0.320 e. The standard InChI is InChI=1S/C16H20ClN3O2S/c1-18-11-4-12-19-15-5-2-3-6-16(15)20(23(19,21)22)14-9-7-13(17)8-10-14/h2-3,5-10,18,21-22H,4,11-12H2,1H3. The maximum Gasteiger partial charge on any atom is 0.0896 e. The van der Waals surface area contributed by atoms with E-state index in [4.69, 9.17) is 11.6 Å². The normalized spacial score (nSPS) is 17.2. The van der Waals surface area contributed by atoms with Crippen LogP contribution in [0.2, 0.25) is 5.02 Å². The van der Waals surface area contributed by atoms with E-state index in [9.17, 15) is 9.11 Å². The van der Waals surface area contributed by atoms with Crippen LogP contribution in [0.25, 0.3) is 0 Å². The van der Waals surface area contributed by atoms with E-state index in [1.165, 1.54) is 0 Å². The van der Waals surface area contributed by atoms with Crippen LogP contribution >= 0.6 is 22.6 Å². The summed E-state index contributed by atoms with van der Waals surface area (Å²) in [5.41, 5.74) is 2.33. The van der Waals surface area contributed by atoms with Gasteiger partial charge in [-0.15, -0.1) is 0 Å². The van der Waals surface area contributed by atoms with Gasteiger partial charge >= 0.3 is 0 Å². The van der Waals surface area contributed by atoms with E-state index < -0.39 is 11.0 Å². The first kappa shape index (κ1) is 16.4. The lowest BCUT2D eigenvalue weighted by Gasteiger charge is -2.43. The van der Waals surface area contributed by atoms with Gasteiger partial charge in [0, 0.05) is 11.6 Å². The average Bonchev–Trinajstić information content (AvgIpc) is 2.76. The van der Waals surface area contributed by atoms with Crippen LogP contribution < -0.4 is 13.9 Å². The summed E-state index contributed by atoms with van der Waals surface area (Å²) in [6.45, 7) is 1.37. The van der Waals surface area contributed by atoms with Crippen molar-refractivity contribution in [2.24, 2.45) is 0 Å². The van der Waals surface area contributed by atoms with Gasteiger partial charge in [0.15, 0.2) is 0 Å². The van der Waals surface area contributed by atoms with E-state index in [0.717, 1.165) is 24.3 Å². The Hall–Kier alpha value is -1.44. The van der Waals surface area contributed by atoms with Crippen LogP contribution in [0.4, 0.5) is 17.1 Å². The number of nitrogens with zero attached hydrogens (tertiary/aromatic N) is 2. The second-order valence-corrected chi connectivity index (χ2v) is 7.53. The first-order valence-corrected chi connectivity index (χ1v) is 9.25. The second kappa shape index (κ2) is 6.59. The van der Waals surface area contributed by atoms with E-state index in [1.807, 2.05) is 31.3 Å². The highest BCUT2D eigenvalue weighted by molar-refractivity contribution is 8.27. The summed E-state index contributed by atoms with van der Waals surface area (Å²) >= 11 is 5.95. The zero-order valence-electron chi connectivity index (χ0n) is 12.8. The highest BCUT2D eigenvalue weighted by Crippen LogP contribution is 2.63. The molecular weight excluding hydrogens is 334 g/mol. The number of anilines is 3. The highest BCUT2D eigenvalue weighted by atomic mass is 35.5. The molecule has 1 aliphatic rings. The molecule has 0 unspecified atom stereocenters. The number of hydrogen-bond acceptors (Lipinski definition) is 5. The summed E-state index contributed by atoms with van der Waals surface area (Å²) in [5.74, 6) is 0. The zero-order chi connectivity index (χ0) is 16.4. The summed E-state index contributed by atoms with van der Waals surface area (Å²) in [6.07, 6.45) is 0.815. The van der Waals surface area contributed by atoms with Crippen molar-refractivity contribution >= 4 is 39.6 Å². The molecule has 2 aromatic carbocycles. The molecule has 0 aromatic heterocycles. The molecule has 0 fully saturated rings. The van der Waals surface area contributed by atoms with Crippen LogP contribution in [0, 0.1) is 0 Å². The van der Waals surface area contributed by atoms with E-state index >= 15 is 0 Å². The van der Waals surface area contributed by atoms with Crippen molar-refractivity contribution in [1.29, 1.82) is 0 Å². The third kappa shape index (κ3) is 3.00. The summed E-state index contributed by atoms with van der Waals surface area (Å²) in [6, 6.07) is 14.7. The molecule has 1 heterocycles. The van der Waals surface area contributed by atoms with Gasteiger partial charge in [0.2, 0.25) is 0 Å². The van der Waals surface area contributed by atoms with Crippen molar-refractivity contribution in [2.45, 2.75) is 6.42 Å². The molecule has 7 heteroatoms. The molecule has 0 aliphatic carbocycles. The maximum absolute atomic E-state index is 10.9. The van der Waals surface area contributed by atoms with Crippen LogP contribution in [0.3, 0.4) is 0 Å². The fraction of sp³-hybridized carbons (Fsp3) is 0.250. The third-order valence-electron chi connectivity index (χ3n) is 3.76. The molecule has 3 rings (SSSR count). The van der Waals surface area contributed by atoms with Crippen molar-refractivity contribution < 1.29 is 9.11 Å². The van der Waals surface area contributed by atoms with E-state index in [-0.39, 0.29) is 0 Å². The lowest BCUT2D eigenvalue weighted by atomic mass is 10.2. The molecule has 0 saturated carbocycles. The molecule has 0 saturated heterocycles. The van der Waals surface area contributed by atoms with E-state index in [1.54, 1.807) is 32.9 Å². The fourth-order valence-corrected chi connectivity index (χ4v) is 4.65. The predicted molar refractivity (Wildman–Crippen MR) is 98.8 cm³/mol. The minimum absolute atomic E-state index is 0.560. The maximum atomic E-state index is 10.9. The number of benzene rings is 2. The molecule has 2 aromatic rings. The Labute approximate surface area is 143 Å². The van der Waals surface area contributed by atoms with Crippen LogP contribution in [-0.4, -0.2) is 29.2 Å². The second-order valence-electron chi connectivity index (χ2n) is 5.31. The summed E-state index contributed by atoms with van der Waals surface area (Å²) < 4.78 is 25.1. The molecule has 23 heavy (non-hydrogen) atoms. The number of halogens is 1. The van der Waals surface area contributed by atoms with Crippen molar-refractivity contribution in [2.75, 3.05) is 28.7 Å². The third-order valence-corrected chi connectivity index (χ3v) is 5.88. The van der Waals surface area contributed by atoms with Gasteiger partial charge in [-0.05, 0) is 67.4 Å². The lowest BCUT2D eigenvalue weighted by molar-refractivity contribution is 0.483. The summed E-state index contributed by atoms with van der Waals surface area (Å²) in [4.78, 5) is 0. The zero-order valence-corrected chi connectivity index (χ0v) is 14.4. The van der Waals surface area contributed by atoms with Crippen molar-refractivity contribution in [1.82, 2.24) is 5.32 Å². The fourth-order valence-electron chi connectivity index (χ4n) is 2.71. The number of hydrogen-bond donors (Lipinski definition) is 3. The average molecular weight is 354 g/mol. The van der Waals surface area contributed by atoms with E-state index in [0.29, 0.717) is 17.3 Å². The quantitative estimate of drug-likeness (QED) is 0.691. The molecule has 0 amide bonds. The Morgan fingerprint density at radius 3 is 2.35 bits per heavy atom. The molecule has 0 spiro atoms. The first-order chi connectivity index (χ1) is 11.1. The van der Waals surface area contributed by atoms with Gasteiger partial charge in [-0.2, -0.15) is 0 Å². The number of rotatable bonds is 5. The Bertz CT molecular complexity index is 681. The molecule has 1 aliphatic heterocycles. The number of para-hydroxylation sites is 2. The Balaban J connectivity index is 2.01. The molecule has 0 atom stereocenters. The van der Waals surface area contributed by atoms with Gasteiger partial charge in [-0.1, -0.05) is 23.7 Å². The Kier molecular flexibility index (Phi) is 4.70. The van der Waals surface area contributed by atoms with Crippen molar-refractivity contribution in [3.05, 3.63) is 53.6 Å². The molecule has 5 nitrogen and oxygen atoms in total. The largest absolute Gasteiger partial charge is 0.320 e. The molecule has 3 N–H and O–H groups in total. The SMILES string of the molecule is CNCCCN1c2ccccc2N(c2ccc(Cl)cc2)S1(O)O. The van der Waals surface area contributed by atoms with E-state index in [2.05, 4.69) is 5.32 Å². The van der Waals surface area contributed by atoms with Crippen molar-refractivity contribution in [3.63, 3.8) is 0 Å². The topological polar surface area (TPSA) is 59.0 Å². The van der Waals surface area contributed by atoms with Gasteiger partial charge in [-0.25, -0.2) is 4.31 Å². The summed E-state index contributed by atoms with van der Waals surface area (Å²) in [5, 5.41) is 3.70. The van der Waals surface area contributed by atoms with Gasteiger partial charge in [0.1, 0.15) is 0 Å². The smallest absolute Gasteiger partial charge is 0.0896 e.